The van der Waals surface area contributed by atoms with E-state index in [9.17, 15) is 8.42 Å². The van der Waals surface area contributed by atoms with E-state index in [1.165, 1.54) is 13.3 Å². The Morgan fingerprint density at radius 1 is 1.65 bits per heavy atom. The van der Waals surface area contributed by atoms with E-state index >= 15 is 0 Å². The summed E-state index contributed by atoms with van der Waals surface area (Å²) in [6, 6.07) is -0.260. The summed E-state index contributed by atoms with van der Waals surface area (Å²) in [6.45, 7) is 2.30. The van der Waals surface area contributed by atoms with Crippen molar-refractivity contribution >= 4 is 15.8 Å². The van der Waals surface area contributed by atoms with E-state index in [-0.39, 0.29) is 16.8 Å². The largest absolute Gasteiger partial charge is 0.383 e. The minimum Gasteiger partial charge on any atom is -0.383 e. The van der Waals surface area contributed by atoms with Gasteiger partial charge >= 0.3 is 0 Å². The number of anilines is 1. The summed E-state index contributed by atoms with van der Waals surface area (Å²) in [5.74, 6) is 0.0326. The molecule has 1 aromatic heterocycles. The number of nitrogen functional groups attached to an aromatic ring is 1. The van der Waals surface area contributed by atoms with Crippen molar-refractivity contribution in [3.05, 3.63) is 6.20 Å². The molecule has 8 heteroatoms. The number of ether oxygens (including phenoxy) is 1. The molecular weight excluding hydrogens is 244 g/mol. The Balaban J connectivity index is 2.81. The third-order valence-corrected chi connectivity index (χ3v) is 3.80. The molecule has 0 bridgehead atoms. The van der Waals surface area contributed by atoms with E-state index in [4.69, 9.17) is 10.5 Å². The fraction of sp³-hybridized carbons (Fsp3) is 0.667. The maximum absolute atomic E-state index is 12.0. The van der Waals surface area contributed by atoms with Crippen LogP contribution in [-0.4, -0.2) is 38.4 Å². The van der Waals surface area contributed by atoms with Crippen LogP contribution in [0.25, 0.3) is 0 Å². The smallest absolute Gasteiger partial charge is 0.246 e. The number of sulfonamides is 1. The maximum atomic E-state index is 12.0. The van der Waals surface area contributed by atoms with Crippen molar-refractivity contribution in [3.8, 4) is 0 Å². The molecule has 0 spiro atoms. The first-order valence-corrected chi connectivity index (χ1v) is 6.79. The zero-order chi connectivity index (χ0) is 12.9. The highest BCUT2D eigenvalue weighted by molar-refractivity contribution is 7.89. The van der Waals surface area contributed by atoms with E-state index in [2.05, 4.69) is 14.9 Å². The van der Waals surface area contributed by atoms with Crippen LogP contribution in [0.3, 0.4) is 0 Å². The Labute approximate surface area is 101 Å². The van der Waals surface area contributed by atoms with Gasteiger partial charge in [-0.2, -0.15) is 5.10 Å². The van der Waals surface area contributed by atoms with Crippen LogP contribution in [0.2, 0.25) is 0 Å². The van der Waals surface area contributed by atoms with Gasteiger partial charge in [0.15, 0.2) is 0 Å². The second kappa shape index (κ2) is 5.99. The predicted octanol–water partition coefficient (Wildman–Crippen LogP) is 0.0853. The van der Waals surface area contributed by atoms with Gasteiger partial charge in [-0.15, -0.1) is 0 Å². The van der Waals surface area contributed by atoms with Crippen molar-refractivity contribution < 1.29 is 13.2 Å². The number of nitrogens with two attached hydrogens (primary N) is 1. The molecule has 98 valence electrons. The van der Waals surface area contributed by atoms with E-state index in [1.807, 2.05) is 6.92 Å². The molecular formula is C9H18N4O3S. The summed E-state index contributed by atoms with van der Waals surface area (Å²) in [6.07, 6.45) is 2.75. The number of hydrogen-bond donors (Lipinski definition) is 3. The van der Waals surface area contributed by atoms with E-state index in [1.54, 1.807) is 0 Å². The lowest BCUT2D eigenvalue weighted by atomic mass is 10.2. The van der Waals surface area contributed by atoms with Gasteiger partial charge in [0.25, 0.3) is 0 Å². The number of nitrogens with zero attached hydrogens (tertiary/aromatic N) is 1. The molecule has 1 heterocycles. The van der Waals surface area contributed by atoms with Gasteiger partial charge in [0.05, 0.1) is 12.8 Å². The molecule has 0 aliphatic heterocycles. The molecule has 1 unspecified atom stereocenters. The van der Waals surface area contributed by atoms with Gasteiger partial charge in [-0.1, -0.05) is 13.3 Å². The molecule has 0 fully saturated rings. The Kier molecular flexibility index (Phi) is 4.91. The lowest BCUT2D eigenvalue weighted by Gasteiger charge is -2.16. The van der Waals surface area contributed by atoms with E-state index < -0.39 is 10.0 Å². The molecule has 0 aliphatic carbocycles. The van der Waals surface area contributed by atoms with Crippen LogP contribution in [0.5, 0.6) is 0 Å². The van der Waals surface area contributed by atoms with Crippen LogP contribution in [0.4, 0.5) is 5.82 Å². The number of aromatic nitrogens is 2. The van der Waals surface area contributed by atoms with Gasteiger partial charge in [-0.05, 0) is 6.42 Å². The average molecular weight is 262 g/mol. The van der Waals surface area contributed by atoms with Gasteiger partial charge in [-0.3, -0.25) is 5.10 Å². The number of aromatic amines is 1. The van der Waals surface area contributed by atoms with Crippen molar-refractivity contribution in [2.24, 2.45) is 0 Å². The highest BCUT2D eigenvalue weighted by Gasteiger charge is 2.23. The Bertz CT molecular complexity index is 437. The van der Waals surface area contributed by atoms with Crippen LogP contribution in [0.1, 0.15) is 19.8 Å². The standard InChI is InChI=1S/C9H18N4O3S/c1-3-4-7(6-16-2)13-17(14,15)8-5-11-12-9(8)10/h5,7,13H,3-4,6H2,1-2H3,(H3,10,11,12). The van der Waals surface area contributed by atoms with Crippen molar-refractivity contribution in [2.45, 2.75) is 30.7 Å². The zero-order valence-corrected chi connectivity index (χ0v) is 10.8. The average Bonchev–Trinajstić information content (AvgIpc) is 2.65. The van der Waals surface area contributed by atoms with Crippen LogP contribution in [-0.2, 0) is 14.8 Å². The number of nitrogens with one attached hydrogen (secondary N) is 2. The van der Waals surface area contributed by atoms with Crippen molar-refractivity contribution in [2.75, 3.05) is 19.5 Å². The van der Waals surface area contributed by atoms with Gasteiger partial charge in [-0.25, -0.2) is 13.1 Å². The van der Waals surface area contributed by atoms with Gasteiger partial charge in [0.1, 0.15) is 10.7 Å². The summed E-state index contributed by atoms with van der Waals surface area (Å²) in [7, 11) is -2.11. The highest BCUT2D eigenvalue weighted by Crippen LogP contribution is 2.15. The molecule has 7 nitrogen and oxygen atoms in total. The lowest BCUT2D eigenvalue weighted by Crippen LogP contribution is -2.38. The van der Waals surface area contributed by atoms with Crippen LogP contribution >= 0.6 is 0 Å². The molecule has 0 aromatic carbocycles. The van der Waals surface area contributed by atoms with Gasteiger partial charge < -0.3 is 10.5 Å². The molecule has 0 saturated heterocycles. The molecule has 1 rings (SSSR count). The summed E-state index contributed by atoms with van der Waals surface area (Å²) in [4.78, 5) is -0.0327. The fourth-order valence-electron chi connectivity index (χ4n) is 1.51. The second-order valence-corrected chi connectivity index (χ2v) is 5.39. The first kappa shape index (κ1) is 13.9. The van der Waals surface area contributed by atoms with E-state index in [0.29, 0.717) is 13.0 Å². The number of H-pyrrole nitrogens is 1. The molecule has 0 saturated carbocycles. The Hall–Kier alpha value is -1.12. The van der Waals surface area contributed by atoms with Crippen LogP contribution in [0, 0.1) is 0 Å². The number of rotatable bonds is 7. The molecule has 4 N–H and O–H groups in total. The molecule has 0 aliphatic rings. The predicted molar refractivity (Wildman–Crippen MR) is 63.9 cm³/mol. The summed E-state index contributed by atoms with van der Waals surface area (Å²) in [5, 5.41) is 5.98. The molecule has 1 atom stereocenters. The third-order valence-electron chi connectivity index (χ3n) is 2.25. The van der Waals surface area contributed by atoms with Crippen molar-refractivity contribution in [1.82, 2.24) is 14.9 Å². The number of hydrogen-bond acceptors (Lipinski definition) is 5. The van der Waals surface area contributed by atoms with Crippen LogP contribution in [0.15, 0.2) is 11.1 Å². The normalized spacial score (nSPS) is 13.8. The van der Waals surface area contributed by atoms with Crippen LogP contribution < -0.4 is 10.5 Å². The Morgan fingerprint density at radius 3 is 2.82 bits per heavy atom. The maximum Gasteiger partial charge on any atom is 0.246 e. The number of methoxy groups -OCH3 is 1. The minimum atomic E-state index is -3.64. The van der Waals surface area contributed by atoms with Crippen molar-refractivity contribution in [3.63, 3.8) is 0 Å². The molecule has 0 radical (unpaired) electrons. The summed E-state index contributed by atoms with van der Waals surface area (Å²) < 4.78 is 31.4. The quantitative estimate of drug-likeness (QED) is 0.645. The molecule has 1 aromatic rings. The Morgan fingerprint density at radius 2 is 2.35 bits per heavy atom. The zero-order valence-electron chi connectivity index (χ0n) is 9.93. The summed E-state index contributed by atoms with van der Waals surface area (Å²) in [5.41, 5.74) is 5.48. The minimum absolute atomic E-state index is 0.0326. The first-order chi connectivity index (χ1) is 8.01. The summed E-state index contributed by atoms with van der Waals surface area (Å²) >= 11 is 0. The van der Waals surface area contributed by atoms with Gasteiger partial charge in [0.2, 0.25) is 10.0 Å². The lowest BCUT2D eigenvalue weighted by molar-refractivity contribution is 0.171. The van der Waals surface area contributed by atoms with Crippen molar-refractivity contribution in [1.29, 1.82) is 0 Å². The highest BCUT2D eigenvalue weighted by atomic mass is 32.2. The molecule has 0 amide bonds. The molecule has 17 heavy (non-hydrogen) atoms. The second-order valence-electron chi connectivity index (χ2n) is 3.71. The topological polar surface area (TPSA) is 110 Å². The third kappa shape index (κ3) is 3.69. The monoisotopic (exact) mass is 262 g/mol. The van der Waals surface area contributed by atoms with Gasteiger partial charge in [0, 0.05) is 13.2 Å². The van der Waals surface area contributed by atoms with E-state index in [0.717, 1.165) is 6.42 Å². The first-order valence-electron chi connectivity index (χ1n) is 5.31. The SMILES string of the molecule is CCCC(COC)NS(=O)(=O)c1cn[nH]c1N. The fourth-order valence-corrected chi connectivity index (χ4v) is 2.79.